The molecule has 0 radical (unpaired) electrons. The van der Waals surface area contributed by atoms with Crippen molar-refractivity contribution in [1.82, 2.24) is 9.59 Å². The molecule has 4 heteroatoms. The molecular formula is C8H15N3S. The van der Waals surface area contributed by atoms with Gasteiger partial charge in [-0.05, 0) is 23.9 Å². The van der Waals surface area contributed by atoms with E-state index in [1.807, 2.05) is 0 Å². The van der Waals surface area contributed by atoms with Crippen LogP contribution in [0.5, 0.6) is 0 Å². The molecule has 0 aliphatic heterocycles. The highest BCUT2D eigenvalue weighted by molar-refractivity contribution is 7.05. The highest BCUT2D eigenvalue weighted by atomic mass is 32.1. The van der Waals surface area contributed by atoms with Crippen molar-refractivity contribution in [1.29, 1.82) is 0 Å². The first kappa shape index (κ1) is 9.61. The van der Waals surface area contributed by atoms with Crippen LogP contribution in [0.2, 0.25) is 0 Å². The summed E-state index contributed by atoms with van der Waals surface area (Å²) in [6.45, 7) is 4.40. The molecule has 2 atom stereocenters. The maximum atomic E-state index is 5.95. The van der Waals surface area contributed by atoms with Crippen LogP contribution in [0.25, 0.3) is 0 Å². The van der Waals surface area contributed by atoms with E-state index >= 15 is 0 Å². The smallest absolute Gasteiger partial charge is 0.0669 e. The van der Waals surface area contributed by atoms with Gasteiger partial charge in [0.2, 0.25) is 0 Å². The van der Waals surface area contributed by atoms with Crippen molar-refractivity contribution in [3.05, 3.63) is 11.1 Å². The molecule has 1 heterocycles. The van der Waals surface area contributed by atoms with Gasteiger partial charge in [-0.2, -0.15) is 0 Å². The fourth-order valence-electron chi connectivity index (χ4n) is 1.05. The predicted octanol–water partition coefficient (Wildman–Crippen LogP) is 1.97. The molecule has 0 saturated carbocycles. The van der Waals surface area contributed by atoms with Gasteiger partial charge in [0.25, 0.3) is 0 Å². The maximum absolute atomic E-state index is 5.95. The lowest BCUT2D eigenvalue weighted by Crippen LogP contribution is -2.12. The number of hydrogen-bond acceptors (Lipinski definition) is 4. The van der Waals surface area contributed by atoms with E-state index in [0.29, 0.717) is 5.92 Å². The lowest BCUT2D eigenvalue weighted by atomic mass is 9.99. The van der Waals surface area contributed by atoms with Crippen molar-refractivity contribution >= 4 is 11.5 Å². The fraction of sp³-hybridized carbons (Fsp3) is 0.750. The van der Waals surface area contributed by atoms with Gasteiger partial charge in [-0.3, -0.25) is 0 Å². The maximum Gasteiger partial charge on any atom is 0.0669 e. The van der Waals surface area contributed by atoms with Crippen molar-refractivity contribution in [2.24, 2.45) is 11.7 Å². The summed E-state index contributed by atoms with van der Waals surface area (Å²) < 4.78 is 3.79. The molecule has 2 N–H and O–H groups in total. The van der Waals surface area contributed by atoms with Gasteiger partial charge in [-0.1, -0.05) is 24.8 Å². The first-order valence-corrected chi connectivity index (χ1v) is 5.04. The third kappa shape index (κ3) is 2.53. The molecule has 0 amide bonds. The van der Waals surface area contributed by atoms with Crippen molar-refractivity contribution in [2.45, 2.75) is 32.7 Å². The molecule has 0 spiro atoms. The van der Waals surface area contributed by atoms with Crippen LogP contribution in [0, 0.1) is 5.92 Å². The Morgan fingerprint density at radius 1 is 1.67 bits per heavy atom. The monoisotopic (exact) mass is 185 g/mol. The topological polar surface area (TPSA) is 51.8 Å². The minimum atomic E-state index is 0.125. The van der Waals surface area contributed by atoms with Crippen LogP contribution >= 0.6 is 11.5 Å². The minimum Gasteiger partial charge on any atom is -0.323 e. The van der Waals surface area contributed by atoms with Crippen LogP contribution in [0.3, 0.4) is 0 Å². The first-order chi connectivity index (χ1) is 5.74. The van der Waals surface area contributed by atoms with E-state index in [1.54, 1.807) is 6.20 Å². The summed E-state index contributed by atoms with van der Waals surface area (Å²) in [6, 6.07) is 0.125. The highest BCUT2D eigenvalue weighted by Gasteiger charge is 2.11. The second kappa shape index (κ2) is 4.52. The van der Waals surface area contributed by atoms with Gasteiger partial charge in [0, 0.05) is 6.04 Å². The number of nitrogens with zero attached hydrogens (tertiary/aromatic N) is 2. The number of nitrogens with two attached hydrogens (primary N) is 1. The van der Waals surface area contributed by atoms with E-state index in [-0.39, 0.29) is 6.04 Å². The third-order valence-electron chi connectivity index (χ3n) is 2.10. The Labute approximate surface area is 77.2 Å². The molecule has 1 rings (SSSR count). The molecule has 0 aliphatic carbocycles. The molecule has 0 fully saturated rings. The summed E-state index contributed by atoms with van der Waals surface area (Å²) in [4.78, 5) is 1.09. The second-order valence-corrected chi connectivity index (χ2v) is 3.99. The number of aromatic nitrogens is 2. The van der Waals surface area contributed by atoms with Gasteiger partial charge in [0.05, 0.1) is 11.1 Å². The molecule has 0 aliphatic rings. The Morgan fingerprint density at radius 2 is 2.42 bits per heavy atom. The average molecular weight is 185 g/mol. The molecule has 1 aromatic rings. The summed E-state index contributed by atoms with van der Waals surface area (Å²) in [7, 11) is 0. The Bertz CT molecular complexity index is 210. The van der Waals surface area contributed by atoms with Crippen molar-refractivity contribution < 1.29 is 0 Å². The van der Waals surface area contributed by atoms with Crippen molar-refractivity contribution in [2.75, 3.05) is 0 Å². The molecule has 68 valence electrons. The van der Waals surface area contributed by atoms with Crippen molar-refractivity contribution in [3.63, 3.8) is 0 Å². The largest absolute Gasteiger partial charge is 0.323 e. The first-order valence-electron chi connectivity index (χ1n) is 4.26. The van der Waals surface area contributed by atoms with Gasteiger partial charge in [0.1, 0.15) is 0 Å². The molecule has 2 unspecified atom stereocenters. The van der Waals surface area contributed by atoms with E-state index < -0.39 is 0 Å². The Kier molecular flexibility index (Phi) is 3.62. The van der Waals surface area contributed by atoms with E-state index in [1.165, 1.54) is 18.0 Å². The Morgan fingerprint density at radius 3 is 2.92 bits per heavy atom. The van der Waals surface area contributed by atoms with Crippen LogP contribution in [0.4, 0.5) is 0 Å². The number of rotatable bonds is 4. The van der Waals surface area contributed by atoms with Crippen LogP contribution in [-0.2, 0) is 0 Å². The normalized spacial score (nSPS) is 15.9. The molecule has 1 aromatic heterocycles. The zero-order valence-electron chi connectivity index (χ0n) is 7.53. The molecule has 0 bridgehead atoms. The average Bonchev–Trinajstić information content (AvgIpc) is 2.56. The zero-order valence-corrected chi connectivity index (χ0v) is 8.34. The summed E-state index contributed by atoms with van der Waals surface area (Å²) in [5, 5.41) is 3.76. The number of hydrogen-bond donors (Lipinski definition) is 1. The van der Waals surface area contributed by atoms with Gasteiger partial charge in [-0.15, -0.1) is 5.10 Å². The SMILES string of the molecule is CCC(C)CC(N)c1cnns1. The Hall–Kier alpha value is -0.480. The van der Waals surface area contributed by atoms with E-state index in [2.05, 4.69) is 23.4 Å². The lowest BCUT2D eigenvalue weighted by Gasteiger charge is -2.12. The third-order valence-corrected chi connectivity index (χ3v) is 2.89. The second-order valence-electron chi connectivity index (χ2n) is 3.18. The lowest BCUT2D eigenvalue weighted by molar-refractivity contribution is 0.464. The fourth-order valence-corrected chi connectivity index (χ4v) is 1.57. The summed E-state index contributed by atoms with van der Waals surface area (Å²) in [5.41, 5.74) is 5.95. The summed E-state index contributed by atoms with van der Waals surface area (Å²) in [6.07, 6.45) is 3.97. The molecular weight excluding hydrogens is 170 g/mol. The standard InChI is InChI=1S/C8H15N3S/c1-3-6(2)4-7(9)8-5-10-11-12-8/h5-7H,3-4,9H2,1-2H3. The summed E-state index contributed by atoms with van der Waals surface area (Å²) in [5.74, 6) is 0.682. The van der Waals surface area contributed by atoms with E-state index in [4.69, 9.17) is 5.73 Å². The van der Waals surface area contributed by atoms with Gasteiger partial charge < -0.3 is 5.73 Å². The van der Waals surface area contributed by atoms with Crippen LogP contribution in [-0.4, -0.2) is 9.59 Å². The van der Waals surface area contributed by atoms with Crippen LogP contribution in [0.1, 0.15) is 37.6 Å². The van der Waals surface area contributed by atoms with Gasteiger partial charge in [-0.25, -0.2) is 0 Å². The molecule has 0 aromatic carbocycles. The molecule has 3 nitrogen and oxygen atoms in total. The highest BCUT2D eigenvalue weighted by Crippen LogP contribution is 2.21. The predicted molar refractivity (Wildman–Crippen MR) is 50.9 cm³/mol. The molecule has 12 heavy (non-hydrogen) atoms. The quantitative estimate of drug-likeness (QED) is 0.780. The zero-order chi connectivity index (χ0) is 8.97. The summed E-state index contributed by atoms with van der Waals surface area (Å²) >= 11 is 1.40. The van der Waals surface area contributed by atoms with Crippen LogP contribution in [0.15, 0.2) is 6.20 Å². The van der Waals surface area contributed by atoms with Crippen LogP contribution < -0.4 is 5.73 Å². The molecule has 0 saturated heterocycles. The minimum absolute atomic E-state index is 0.125. The van der Waals surface area contributed by atoms with Gasteiger partial charge >= 0.3 is 0 Å². The van der Waals surface area contributed by atoms with E-state index in [9.17, 15) is 0 Å². The van der Waals surface area contributed by atoms with Gasteiger partial charge in [0.15, 0.2) is 0 Å². The van der Waals surface area contributed by atoms with Crippen molar-refractivity contribution in [3.8, 4) is 0 Å². The Balaban J connectivity index is 2.44. The van der Waals surface area contributed by atoms with E-state index in [0.717, 1.165) is 11.3 Å².